The molecule has 2 N–H and O–H groups in total. The number of rotatable bonds is 4. The van der Waals surface area contributed by atoms with E-state index in [0.717, 1.165) is 5.56 Å². The topological polar surface area (TPSA) is 70.7 Å². The van der Waals surface area contributed by atoms with Crippen LogP contribution >= 0.6 is 0 Å². The molecule has 3 amide bonds. The number of aryl methyl sites for hydroxylation is 1. The van der Waals surface area contributed by atoms with Crippen molar-refractivity contribution in [2.24, 2.45) is 0 Å². The van der Waals surface area contributed by atoms with E-state index in [1.165, 1.54) is 5.56 Å². The molecule has 0 unspecified atom stereocenters. The molecule has 0 bridgehead atoms. The maximum Gasteiger partial charge on any atom is 0.323 e. The highest BCUT2D eigenvalue weighted by atomic mass is 16.5. The third kappa shape index (κ3) is 4.38. The van der Waals surface area contributed by atoms with Crippen molar-refractivity contribution >= 4 is 29.0 Å². The average Bonchev–Trinajstić information content (AvgIpc) is 2.72. The van der Waals surface area contributed by atoms with E-state index >= 15 is 0 Å². The lowest BCUT2D eigenvalue weighted by Gasteiger charge is -2.30. The van der Waals surface area contributed by atoms with Gasteiger partial charge in [0.25, 0.3) is 5.91 Å². The zero-order valence-electron chi connectivity index (χ0n) is 16.0. The minimum absolute atomic E-state index is 0.000129. The van der Waals surface area contributed by atoms with Crippen LogP contribution in [0.15, 0.2) is 72.8 Å². The fourth-order valence-electron chi connectivity index (χ4n) is 3.14. The molecular weight excluding hydrogens is 366 g/mol. The first-order chi connectivity index (χ1) is 14.1. The summed E-state index contributed by atoms with van der Waals surface area (Å²) in [5, 5.41) is 5.58. The third-order valence-corrected chi connectivity index (χ3v) is 4.65. The van der Waals surface area contributed by atoms with Crippen LogP contribution in [0, 0.1) is 6.92 Å². The fraction of sp³-hybridized carbons (Fsp3) is 0.130. The number of carbonyl (C=O) groups is 2. The van der Waals surface area contributed by atoms with E-state index in [2.05, 4.69) is 10.6 Å². The molecule has 0 fully saturated rings. The van der Waals surface area contributed by atoms with Crippen LogP contribution in [0.3, 0.4) is 0 Å². The molecule has 3 aromatic rings. The highest BCUT2D eigenvalue weighted by Crippen LogP contribution is 2.35. The van der Waals surface area contributed by atoms with Gasteiger partial charge in [0.05, 0.1) is 12.2 Å². The highest BCUT2D eigenvalue weighted by Gasteiger charge is 2.26. The van der Waals surface area contributed by atoms with Crippen LogP contribution in [-0.2, 0) is 11.3 Å². The van der Waals surface area contributed by atoms with E-state index in [9.17, 15) is 9.59 Å². The van der Waals surface area contributed by atoms with Crippen LogP contribution in [-0.4, -0.2) is 18.5 Å². The molecule has 1 aliphatic heterocycles. The summed E-state index contributed by atoms with van der Waals surface area (Å²) in [6, 6.07) is 22.2. The predicted molar refractivity (Wildman–Crippen MR) is 113 cm³/mol. The number of amides is 3. The second-order valence-corrected chi connectivity index (χ2v) is 6.88. The minimum atomic E-state index is -0.357. The largest absolute Gasteiger partial charge is 0.482 e. The fourth-order valence-corrected chi connectivity index (χ4v) is 3.14. The molecule has 4 rings (SSSR count). The molecule has 0 spiro atoms. The first-order valence-electron chi connectivity index (χ1n) is 9.34. The molecule has 29 heavy (non-hydrogen) atoms. The Morgan fingerprint density at radius 1 is 0.966 bits per heavy atom. The number of benzene rings is 3. The molecule has 0 atom stereocenters. The SMILES string of the molecule is Cc1ccc(CN2C(=O)COc3ccc(NC(=O)Nc4ccccc4)cc32)cc1. The van der Waals surface area contributed by atoms with E-state index in [-0.39, 0.29) is 18.5 Å². The summed E-state index contributed by atoms with van der Waals surface area (Å²) in [6.07, 6.45) is 0. The van der Waals surface area contributed by atoms with Gasteiger partial charge in [0.15, 0.2) is 6.61 Å². The zero-order chi connectivity index (χ0) is 20.2. The quantitative estimate of drug-likeness (QED) is 0.689. The summed E-state index contributed by atoms with van der Waals surface area (Å²) >= 11 is 0. The second kappa shape index (κ2) is 8.06. The Morgan fingerprint density at radius 3 is 2.45 bits per heavy atom. The van der Waals surface area contributed by atoms with Crippen LogP contribution in [0.25, 0.3) is 0 Å². The number of hydrogen-bond donors (Lipinski definition) is 2. The van der Waals surface area contributed by atoms with Crippen molar-refractivity contribution in [1.82, 2.24) is 0 Å². The van der Waals surface area contributed by atoms with Crippen molar-refractivity contribution in [3.05, 3.63) is 83.9 Å². The predicted octanol–water partition coefficient (Wildman–Crippen LogP) is 4.56. The molecule has 1 heterocycles. The molecule has 0 saturated carbocycles. The van der Waals surface area contributed by atoms with E-state index < -0.39 is 0 Å². The lowest BCUT2D eigenvalue weighted by atomic mass is 10.1. The number of hydrogen-bond acceptors (Lipinski definition) is 3. The Balaban J connectivity index is 1.53. The van der Waals surface area contributed by atoms with Gasteiger partial charge in [-0.05, 0) is 42.8 Å². The van der Waals surface area contributed by atoms with Crippen LogP contribution in [0.1, 0.15) is 11.1 Å². The van der Waals surface area contributed by atoms with Gasteiger partial charge >= 0.3 is 6.03 Å². The van der Waals surface area contributed by atoms with Gasteiger partial charge in [0, 0.05) is 11.4 Å². The smallest absolute Gasteiger partial charge is 0.323 e. The maximum absolute atomic E-state index is 12.5. The van der Waals surface area contributed by atoms with Gasteiger partial charge in [-0.25, -0.2) is 4.79 Å². The Kier molecular flexibility index (Phi) is 5.16. The number of anilines is 3. The zero-order valence-corrected chi connectivity index (χ0v) is 16.0. The van der Waals surface area contributed by atoms with Gasteiger partial charge in [-0.3, -0.25) is 4.79 Å². The molecule has 6 nitrogen and oxygen atoms in total. The molecule has 146 valence electrons. The van der Waals surface area contributed by atoms with Crippen molar-refractivity contribution in [2.45, 2.75) is 13.5 Å². The number of para-hydroxylation sites is 1. The van der Waals surface area contributed by atoms with Gasteiger partial charge in [-0.2, -0.15) is 0 Å². The summed E-state index contributed by atoms with van der Waals surface area (Å²) < 4.78 is 5.56. The van der Waals surface area contributed by atoms with Crippen LogP contribution < -0.4 is 20.3 Å². The standard InChI is InChI=1S/C23H21N3O3/c1-16-7-9-17(10-8-16)14-26-20-13-19(11-12-21(20)29-15-22(26)27)25-23(28)24-18-5-3-2-4-6-18/h2-13H,14-15H2,1H3,(H2,24,25,28). The van der Waals surface area contributed by atoms with Gasteiger partial charge < -0.3 is 20.3 Å². The Hall–Kier alpha value is -3.80. The summed E-state index contributed by atoms with van der Waals surface area (Å²) in [6.45, 7) is 2.46. The highest BCUT2D eigenvalue weighted by molar-refractivity contribution is 6.02. The molecule has 1 aliphatic rings. The Morgan fingerprint density at radius 2 is 1.69 bits per heavy atom. The number of urea groups is 1. The summed E-state index contributed by atoms with van der Waals surface area (Å²) in [4.78, 5) is 26.5. The molecule has 0 aliphatic carbocycles. The molecular formula is C23H21N3O3. The number of ether oxygens (including phenoxy) is 1. The van der Waals surface area contributed by atoms with Gasteiger partial charge in [-0.15, -0.1) is 0 Å². The molecule has 0 aromatic heterocycles. The first kappa shape index (κ1) is 18.6. The lowest BCUT2D eigenvalue weighted by Crippen LogP contribution is -2.38. The minimum Gasteiger partial charge on any atom is -0.482 e. The molecule has 3 aromatic carbocycles. The van der Waals surface area contributed by atoms with Gasteiger partial charge in [0.1, 0.15) is 5.75 Å². The van der Waals surface area contributed by atoms with E-state index in [4.69, 9.17) is 4.74 Å². The summed E-state index contributed by atoms with van der Waals surface area (Å²) in [7, 11) is 0. The van der Waals surface area contributed by atoms with Crippen LogP contribution in [0.5, 0.6) is 5.75 Å². The molecule has 6 heteroatoms. The van der Waals surface area contributed by atoms with E-state index in [1.807, 2.05) is 61.5 Å². The van der Waals surface area contributed by atoms with Crippen molar-refractivity contribution in [1.29, 1.82) is 0 Å². The van der Waals surface area contributed by atoms with Crippen molar-refractivity contribution in [3.63, 3.8) is 0 Å². The van der Waals surface area contributed by atoms with Crippen LogP contribution in [0.2, 0.25) is 0 Å². The second-order valence-electron chi connectivity index (χ2n) is 6.88. The van der Waals surface area contributed by atoms with Crippen molar-refractivity contribution < 1.29 is 14.3 Å². The molecule has 0 radical (unpaired) electrons. The average molecular weight is 387 g/mol. The van der Waals surface area contributed by atoms with E-state index in [0.29, 0.717) is 29.4 Å². The van der Waals surface area contributed by atoms with Crippen molar-refractivity contribution in [3.8, 4) is 5.75 Å². The molecule has 0 saturated heterocycles. The number of fused-ring (bicyclic) bond motifs is 1. The van der Waals surface area contributed by atoms with Crippen molar-refractivity contribution in [2.75, 3.05) is 22.1 Å². The monoisotopic (exact) mass is 387 g/mol. The Bertz CT molecular complexity index is 1030. The lowest BCUT2D eigenvalue weighted by molar-refractivity contribution is -0.121. The normalized spacial score (nSPS) is 12.7. The maximum atomic E-state index is 12.5. The Labute approximate surface area is 169 Å². The van der Waals surface area contributed by atoms with Crippen LogP contribution in [0.4, 0.5) is 21.9 Å². The summed E-state index contributed by atoms with van der Waals surface area (Å²) in [5.41, 5.74) is 4.10. The van der Waals surface area contributed by atoms with E-state index in [1.54, 1.807) is 23.1 Å². The third-order valence-electron chi connectivity index (χ3n) is 4.65. The number of nitrogens with zero attached hydrogens (tertiary/aromatic N) is 1. The van der Waals surface area contributed by atoms with Gasteiger partial charge in [0.2, 0.25) is 0 Å². The number of carbonyl (C=O) groups excluding carboxylic acids is 2. The summed E-state index contributed by atoms with van der Waals surface area (Å²) in [5.74, 6) is 0.495. The number of nitrogens with one attached hydrogen (secondary N) is 2. The first-order valence-corrected chi connectivity index (χ1v) is 9.34. The van der Waals surface area contributed by atoms with Gasteiger partial charge in [-0.1, -0.05) is 48.0 Å².